The van der Waals surface area contributed by atoms with Gasteiger partial charge >= 0.3 is 6.03 Å². The van der Waals surface area contributed by atoms with Crippen molar-refractivity contribution in [3.05, 3.63) is 23.8 Å². The predicted molar refractivity (Wildman–Crippen MR) is 128 cm³/mol. The maximum Gasteiger partial charge on any atom is 0.319 e. The Bertz CT molecular complexity index is 881. The van der Waals surface area contributed by atoms with Crippen LogP contribution in [-0.2, 0) is 9.53 Å². The lowest BCUT2D eigenvalue weighted by Gasteiger charge is -2.37. The lowest BCUT2D eigenvalue weighted by molar-refractivity contribution is -0.142. The first-order valence-electron chi connectivity index (χ1n) is 13.0. The van der Waals surface area contributed by atoms with Crippen LogP contribution in [0, 0.1) is 0 Å². The lowest BCUT2D eigenvalue weighted by atomic mass is 9.84. The normalized spacial score (nSPS) is 29.1. The first-order valence-corrected chi connectivity index (χ1v) is 13.0. The number of carbonyl (C=O) groups excluding carboxylic acids is 2. The number of hydrogen-bond donors (Lipinski definition) is 4. The number of urea groups is 1. The first-order chi connectivity index (χ1) is 16.6. The van der Waals surface area contributed by atoms with E-state index < -0.39 is 6.10 Å². The van der Waals surface area contributed by atoms with Gasteiger partial charge in [-0.2, -0.15) is 0 Å². The molecule has 0 radical (unpaired) electrons. The van der Waals surface area contributed by atoms with Crippen molar-refractivity contribution in [3.63, 3.8) is 0 Å². The number of nitrogens with one attached hydrogen (secondary N) is 3. The molecule has 34 heavy (non-hydrogen) atoms. The molecule has 2 aliphatic heterocycles. The molecule has 4 aliphatic rings. The van der Waals surface area contributed by atoms with E-state index in [1.807, 2.05) is 18.2 Å². The van der Waals surface area contributed by atoms with E-state index in [4.69, 9.17) is 9.47 Å². The Labute approximate surface area is 201 Å². The highest BCUT2D eigenvalue weighted by Crippen LogP contribution is 2.47. The van der Waals surface area contributed by atoms with E-state index in [2.05, 4.69) is 16.0 Å². The van der Waals surface area contributed by atoms with Crippen molar-refractivity contribution in [1.82, 2.24) is 10.6 Å². The second-order valence-corrected chi connectivity index (χ2v) is 10.3. The Morgan fingerprint density at radius 1 is 0.971 bits per heavy atom. The monoisotopic (exact) mass is 471 g/mol. The van der Waals surface area contributed by atoms with E-state index in [0.29, 0.717) is 6.42 Å². The summed E-state index contributed by atoms with van der Waals surface area (Å²) >= 11 is 0. The van der Waals surface area contributed by atoms with Crippen LogP contribution in [0.3, 0.4) is 0 Å². The van der Waals surface area contributed by atoms with Crippen molar-refractivity contribution in [2.75, 3.05) is 11.9 Å². The molecule has 0 spiro atoms. The summed E-state index contributed by atoms with van der Waals surface area (Å²) in [5.41, 5.74) is 1.72. The fourth-order valence-corrected chi connectivity index (χ4v) is 6.13. The molecular formula is C26H37N3O5. The van der Waals surface area contributed by atoms with Crippen LogP contribution in [0.5, 0.6) is 5.75 Å². The van der Waals surface area contributed by atoms with Gasteiger partial charge in [-0.1, -0.05) is 32.1 Å². The van der Waals surface area contributed by atoms with Crippen LogP contribution < -0.4 is 20.7 Å². The number of fused-ring (bicyclic) bond motifs is 3. The van der Waals surface area contributed by atoms with Crippen LogP contribution in [0.15, 0.2) is 18.2 Å². The van der Waals surface area contributed by atoms with Crippen molar-refractivity contribution in [2.45, 2.75) is 107 Å². The maximum atomic E-state index is 12.6. The third kappa shape index (κ3) is 5.33. The zero-order chi connectivity index (χ0) is 23.5. The summed E-state index contributed by atoms with van der Waals surface area (Å²) in [6.07, 6.45) is 9.96. The summed E-state index contributed by atoms with van der Waals surface area (Å²) in [5, 5.41) is 19.2. The first kappa shape index (κ1) is 23.4. The standard InChI is InChI=1S/C26H37N3O5/c30-15-23-25-21(13-19(33-23)14-24(31)27-16-8-4-5-9-16)20-12-18(10-11-22(20)34-25)29-26(32)28-17-6-2-1-3-7-17/h10-12,16-17,19,21,23,25,30H,1-9,13-15H2,(H,27,31)(H2,28,29,32)/t19-,21-,23+,25+/m1/s1. The molecule has 1 aromatic carbocycles. The summed E-state index contributed by atoms with van der Waals surface area (Å²) in [4.78, 5) is 25.1. The summed E-state index contributed by atoms with van der Waals surface area (Å²) < 4.78 is 12.2. The van der Waals surface area contributed by atoms with Gasteiger partial charge in [-0.05, 0) is 50.3 Å². The average Bonchev–Trinajstić information content (AvgIpc) is 3.46. The molecule has 1 aromatic rings. The van der Waals surface area contributed by atoms with Gasteiger partial charge in [0.15, 0.2) is 0 Å². The minimum Gasteiger partial charge on any atom is -0.487 e. The number of hydrogen-bond acceptors (Lipinski definition) is 5. The van der Waals surface area contributed by atoms with Crippen molar-refractivity contribution in [3.8, 4) is 5.75 Å². The van der Waals surface area contributed by atoms with E-state index in [1.54, 1.807) is 0 Å². The minimum atomic E-state index is -0.485. The third-order valence-corrected chi connectivity index (χ3v) is 7.83. The van der Waals surface area contributed by atoms with Gasteiger partial charge in [-0.15, -0.1) is 0 Å². The zero-order valence-corrected chi connectivity index (χ0v) is 19.8. The van der Waals surface area contributed by atoms with E-state index in [0.717, 1.165) is 55.5 Å². The molecule has 3 amide bonds. The highest BCUT2D eigenvalue weighted by Gasteiger charge is 2.46. The molecule has 186 valence electrons. The summed E-state index contributed by atoms with van der Waals surface area (Å²) in [6, 6.07) is 6.03. The highest BCUT2D eigenvalue weighted by molar-refractivity contribution is 5.89. The van der Waals surface area contributed by atoms with Crippen LogP contribution in [0.4, 0.5) is 10.5 Å². The number of amides is 3. The van der Waals surface area contributed by atoms with Gasteiger partial charge in [0, 0.05) is 29.3 Å². The molecule has 0 unspecified atom stereocenters. The van der Waals surface area contributed by atoms with Crippen LogP contribution in [0.25, 0.3) is 0 Å². The molecule has 2 heterocycles. The Kier molecular flexibility index (Phi) is 7.25. The Balaban J connectivity index is 1.23. The Hall–Kier alpha value is -2.32. The molecule has 8 nitrogen and oxygen atoms in total. The zero-order valence-electron chi connectivity index (χ0n) is 19.8. The maximum absolute atomic E-state index is 12.6. The van der Waals surface area contributed by atoms with Gasteiger partial charge in [0.25, 0.3) is 0 Å². The van der Waals surface area contributed by atoms with E-state index in [9.17, 15) is 14.7 Å². The van der Waals surface area contributed by atoms with Crippen LogP contribution in [0.2, 0.25) is 0 Å². The van der Waals surface area contributed by atoms with Crippen LogP contribution in [0.1, 0.15) is 82.1 Å². The molecule has 0 bridgehead atoms. The topological polar surface area (TPSA) is 109 Å². The lowest BCUT2D eigenvalue weighted by Crippen LogP contribution is -2.47. The van der Waals surface area contributed by atoms with Gasteiger partial charge in [-0.25, -0.2) is 4.79 Å². The molecule has 8 heteroatoms. The molecule has 2 aliphatic carbocycles. The number of benzene rings is 1. The number of carbonyl (C=O) groups is 2. The molecule has 1 saturated heterocycles. The van der Waals surface area contributed by atoms with Gasteiger partial charge < -0.3 is 30.5 Å². The number of aliphatic hydroxyl groups excluding tert-OH is 1. The summed E-state index contributed by atoms with van der Waals surface area (Å²) in [6.45, 7) is -0.162. The summed E-state index contributed by atoms with van der Waals surface area (Å²) in [7, 11) is 0. The van der Waals surface area contributed by atoms with Crippen molar-refractivity contribution < 1.29 is 24.2 Å². The molecule has 3 fully saturated rings. The van der Waals surface area contributed by atoms with Gasteiger partial charge in [0.2, 0.25) is 5.91 Å². The van der Waals surface area contributed by atoms with Crippen molar-refractivity contribution in [2.24, 2.45) is 0 Å². The number of aliphatic hydroxyl groups is 1. The minimum absolute atomic E-state index is 0.00772. The molecule has 0 aromatic heterocycles. The van der Waals surface area contributed by atoms with E-state index in [-0.39, 0.29) is 55.2 Å². The number of ether oxygens (including phenoxy) is 2. The quantitative estimate of drug-likeness (QED) is 0.507. The second-order valence-electron chi connectivity index (χ2n) is 10.3. The molecule has 4 N–H and O–H groups in total. The Morgan fingerprint density at radius 2 is 1.68 bits per heavy atom. The molecule has 5 rings (SSSR count). The van der Waals surface area contributed by atoms with Crippen LogP contribution in [-0.4, -0.2) is 54.0 Å². The molecular weight excluding hydrogens is 434 g/mol. The second kappa shape index (κ2) is 10.5. The van der Waals surface area contributed by atoms with Crippen molar-refractivity contribution in [1.29, 1.82) is 0 Å². The number of anilines is 1. The smallest absolute Gasteiger partial charge is 0.319 e. The van der Waals surface area contributed by atoms with Crippen molar-refractivity contribution >= 4 is 17.6 Å². The predicted octanol–water partition coefficient (Wildman–Crippen LogP) is 3.58. The fraction of sp³-hybridized carbons (Fsp3) is 0.692. The molecule has 2 saturated carbocycles. The van der Waals surface area contributed by atoms with Gasteiger partial charge in [0.05, 0.1) is 19.1 Å². The van der Waals surface area contributed by atoms with Gasteiger partial charge in [-0.3, -0.25) is 4.79 Å². The third-order valence-electron chi connectivity index (χ3n) is 7.83. The fourth-order valence-electron chi connectivity index (χ4n) is 6.13. The van der Waals surface area contributed by atoms with Crippen LogP contribution >= 0.6 is 0 Å². The van der Waals surface area contributed by atoms with E-state index >= 15 is 0 Å². The highest BCUT2D eigenvalue weighted by atomic mass is 16.6. The SMILES string of the molecule is O=C(C[C@H]1C[C@@H]2c3cc(NC(=O)NC4CCCCC4)ccc3O[C@@H]2[C@H](CO)O1)NC1CCCC1. The number of rotatable bonds is 6. The van der Waals surface area contributed by atoms with Gasteiger partial charge in [0.1, 0.15) is 18.0 Å². The molecule has 4 atom stereocenters. The van der Waals surface area contributed by atoms with E-state index in [1.165, 1.54) is 19.3 Å². The summed E-state index contributed by atoms with van der Waals surface area (Å²) in [5.74, 6) is 0.778. The Morgan fingerprint density at radius 3 is 2.41 bits per heavy atom. The average molecular weight is 472 g/mol. The largest absolute Gasteiger partial charge is 0.487 e.